The SMILES string of the molecule is COc1ccc(/C=C/C(=O)OCC(=O)NCCc2ccc(F)cc2)cc1F. The molecule has 0 atom stereocenters. The highest BCUT2D eigenvalue weighted by Crippen LogP contribution is 2.18. The minimum atomic E-state index is -0.722. The van der Waals surface area contributed by atoms with Crippen LogP contribution in [0, 0.1) is 11.6 Å². The standard InChI is InChI=1S/C20H19F2NO4/c1-26-18-8-4-15(12-17(18)22)5-9-20(25)27-13-19(24)23-11-10-14-2-6-16(21)7-3-14/h2-9,12H,10-11,13H2,1H3,(H,23,24)/b9-5+. The average Bonchev–Trinajstić information content (AvgIpc) is 2.66. The van der Waals surface area contributed by atoms with E-state index in [0.717, 1.165) is 11.6 Å². The summed E-state index contributed by atoms with van der Waals surface area (Å²) in [4.78, 5) is 23.3. The molecule has 5 nitrogen and oxygen atoms in total. The van der Waals surface area contributed by atoms with Crippen LogP contribution in [0.4, 0.5) is 8.78 Å². The summed E-state index contributed by atoms with van der Waals surface area (Å²) in [5.74, 6) is -1.94. The van der Waals surface area contributed by atoms with E-state index < -0.39 is 24.3 Å². The molecular weight excluding hydrogens is 356 g/mol. The molecule has 0 aliphatic heterocycles. The van der Waals surface area contributed by atoms with Crippen LogP contribution >= 0.6 is 0 Å². The Labute approximate surface area is 155 Å². The van der Waals surface area contributed by atoms with Crippen molar-refractivity contribution in [1.29, 1.82) is 0 Å². The first-order valence-corrected chi connectivity index (χ1v) is 8.17. The summed E-state index contributed by atoms with van der Waals surface area (Å²) >= 11 is 0. The van der Waals surface area contributed by atoms with Gasteiger partial charge in [0.05, 0.1) is 7.11 Å². The molecular formula is C20H19F2NO4. The molecule has 2 rings (SSSR count). The summed E-state index contributed by atoms with van der Waals surface area (Å²) in [6, 6.07) is 10.2. The predicted molar refractivity (Wildman–Crippen MR) is 96.1 cm³/mol. The molecule has 2 aromatic rings. The van der Waals surface area contributed by atoms with E-state index in [0.29, 0.717) is 18.5 Å². The van der Waals surface area contributed by atoms with Crippen LogP contribution in [0.25, 0.3) is 6.08 Å². The zero-order valence-electron chi connectivity index (χ0n) is 14.7. The Morgan fingerprint density at radius 1 is 1.11 bits per heavy atom. The highest BCUT2D eigenvalue weighted by Gasteiger charge is 2.06. The fourth-order valence-corrected chi connectivity index (χ4v) is 2.18. The molecule has 142 valence electrons. The van der Waals surface area contributed by atoms with Crippen LogP contribution < -0.4 is 10.1 Å². The highest BCUT2D eigenvalue weighted by atomic mass is 19.1. The zero-order valence-corrected chi connectivity index (χ0v) is 14.7. The molecule has 0 bridgehead atoms. The molecule has 1 amide bonds. The van der Waals surface area contributed by atoms with E-state index in [2.05, 4.69) is 5.32 Å². The van der Waals surface area contributed by atoms with Gasteiger partial charge in [0.1, 0.15) is 5.82 Å². The summed E-state index contributed by atoms with van der Waals surface area (Å²) < 4.78 is 36.0. The Morgan fingerprint density at radius 2 is 1.85 bits per heavy atom. The van der Waals surface area contributed by atoms with Gasteiger partial charge in [-0.05, 0) is 47.9 Å². The number of halogens is 2. The number of esters is 1. The number of methoxy groups -OCH3 is 1. The van der Waals surface area contributed by atoms with E-state index in [9.17, 15) is 18.4 Å². The summed E-state index contributed by atoms with van der Waals surface area (Å²) in [5.41, 5.74) is 1.33. The first kappa shape index (κ1) is 20.1. The minimum absolute atomic E-state index is 0.104. The van der Waals surface area contributed by atoms with E-state index in [-0.39, 0.29) is 11.6 Å². The molecule has 0 heterocycles. The van der Waals surface area contributed by atoms with Crippen molar-refractivity contribution in [3.8, 4) is 5.75 Å². The third-order valence-corrected chi connectivity index (χ3v) is 3.58. The van der Waals surface area contributed by atoms with Crippen molar-refractivity contribution in [1.82, 2.24) is 5.32 Å². The molecule has 2 aromatic carbocycles. The molecule has 0 radical (unpaired) electrons. The molecule has 1 N–H and O–H groups in total. The van der Waals surface area contributed by atoms with Gasteiger partial charge < -0.3 is 14.8 Å². The van der Waals surface area contributed by atoms with Gasteiger partial charge in [-0.15, -0.1) is 0 Å². The van der Waals surface area contributed by atoms with Gasteiger partial charge in [0, 0.05) is 12.6 Å². The van der Waals surface area contributed by atoms with Crippen molar-refractivity contribution >= 4 is 18.0 Å². The maximum atomic E-state index is 13.5. The van der Waals surface area contributed by atoms with E-state index >= 15 is 0 Å². The van der Waals surface area contributed by atoms with Crippen molar-refractivity contribution in [3.63, 3.8) is 0 Å². The Balaban J connectivity index is 1.70. The second kappa shape index (κ2) is 10.1. The molecule has 0 unspecified atom stereocenters. The van der Waals surface area contributed by atoms with Crippen molar-refractivity contribution in [3.05, 3.63) is 71.3 Å². The van der Waals surface area contributed by atoms with Crippen molar-refractivity contribution in [2.75, 3.05) is 20.3 Å². The van der Waals surface area contributed by atoms with Crippen molar-refractivity contribution in [2.24, 2.45) is 0 Å². The fourth-order valence-electron chi connectivity index (χ4n) is 2.18. The maximum Gasteiger partial charge on any atom is 0.331 e. The lowest BCUT2D eigenvalue weighted by Gasteiger charge is -2.06. The summed E-state index contributed by atoms with van der Waals surface area (Å²) in [7, 11) is 1.36. The van der Waals surface area contributed by atoms with Crippen LogP contribution in [-0.4, -0.2) is 32.1 Å². The van der Waals surface area contributed by atoms with Crippen LogP contribution in [0.5, 0.6) is 5.75 Å². The molecule has 0 aliphatic carbocycles. The highest BCUT2D eigenvalue weighted by molar-refractivity contribution is 5.89. The number of carbonyl (C=O) groups is 2. The monoisotopic (exact) mass is 375 g/mol. The Morgan fingerprint density at radius 3 is 2.52 bits per heavy atom. The van der Waals surface area contributed by atoms with Gasteiger partial charge in [-0.25, -0.2) is 13.6 Å². The second-order valence-corrected chi connectivity index (χ2v) is 5.56. The normalized spacial score (nSPS) is 10.6. The fraction of sp³-hybridized carbons (Fsp3) is 0.200. The van der Waals surface area contributed by atoms with Gasteiger partial charge in [0.25, 0.3) is 5.91 Å². The van der Waals surface area contributed by atoms with Crippen LogP contribution in [-0.2, 0) is 20.7 Å². The molecule has 0 saturated heterocycles. The predicted octanol–water partition coefficient (Wildman–Crippen LogP) is 2.89. The lowest BCUT2D eigenvalue weighted by atomic mass is 10.1. The van der Waals surface area contributed by atoms with Crippen LogP contribution in [0.2, 0.25) is 0 Å². The molecule has 0 saturated carbocycles. The lowest BCUT2D eigenvalue weighted by molar-refractivity contribution is -0.143. The molecule has 27 heavy (non-hydrogen) atoms. The van der Waals surface area contributed by atoms with Crippen molar-refractivity contribution in [2.45, 2.75) is 6.42 Å². The van der Waals surface area contributed by atoms with E-state index in [1.54, 1.807) is 18.2 Å². The molecule has 0 aliphatic rings. The second-order valence-electron chi connectivity index (χ2n) is 5.56. The Bertz CT molecular complexity index is 819. The van der Waals surface area contributed by atoms with Gasteiger partial charge in [0.2, 0.25) is 0 Å². The molecule has 0 aromatic heterocycles. The van der Waals surface area contributed by atoms with Crippen molar-refractivity contribution < 1.29 is 27.8 Å². The topological polar surface area (TPSA) is 64.6 Å². The lowest BCUT2D eigenvalue weighted by Crippen LogP contribution is -2.30. The van der Waals surface area contributed by atoms with E-state index in [1.807, 2.05) is 0 Å². The van der Waals surface area contributed by atoms with Gasteiger partial charge in [-0.2, -0.15) is 0 Å². The van der Waals surface area contributed by atoms with Gasteiger partial charge in [-0.1, -0.05) is 18.2 Å². The summed E-state index contributed by atoms with van der Waals surface area (Å²) in [5, 5.41) is 2.60. The molecule has 7 heteroatoms. The number of nitrogens with one attached hydrogen (secondary N) is 1. The zero-order chi connectivity index (χ0) is 19.6. The van der Waals surface area contributed by atoms with Crippen LogP contribution in [0.1, 0.15) is 11.1 Å². The smallest absolute Gasteiger partial charge is 0.331 e. The number of rotatable bonds is 8. The number of carbonyl (C=O) groups excluding carboxylic acids is 2. The van der Waals surface area contributed by atoms with Gasteiger partial charge in [0.15, 0.2) is 18.2 Å². The molecule has 0 fully saturated rings. The summed E-state index contributed by atoms with van der Waals surface area (Å²) in [6.45, 7) is -0.0907. The number of ether oxygens (including phenoxy) is 2. The quantitative estimate of drug-likeness (QED) is 0.569. The third-order valence-electron chi connectivity index (χ3n) is 3.58. The van der Waals surface area contributed by atoms with Crippen LogP contribution in [0.15, 0.2) is 48.5 Å². The minimum Gasteiger partial charge on any atom is -0.494 e. The largest absolute Gasteiger partial charge is 0.494 e. The van der Waals surface area contributed by atoms with Gasteiger partial charge in [-0.3, -0.25) is 4.79 Å². The number of hydrogen-bond acceptors (Lipinski definition) is 4. The Kier molecular flexibility index (Phi) is 7.49. The number of hydrogen-bond donors (Lipinski definition) is 1. The van der Waals surface area contributed by atoms with Gasteiger partial charge >= 0.3 is 5.97 Å². The number of benzene rings is 2. The summed E-state index contributed by atoms with van der Waals surface area (Å²) in [6.07, 6.45) is 3.01. The Hall–Kier alpha value is -3.22. The van der Waals surface area contributed by atoms with Crippen LogP contribution in [0.3, 0.4) is 0 Å². The van der Waals surface area contributed by atoms with E-state index in [4.69, 9.17) is 9.47 Å². The van der Waals surface area contributed by atoms with E-state index in [1.165, 1.54) is 37.5 Å². The maximum absolute atomic E-state index is 13.5. The first-order valence-electron chi connectivity index (χ1n) is 8.17. The average molecular weight is 375 g/mol. The first-order chi connectivity index (χ1) is 13.0. The number of amides is 1. The molecule has 0 spiro atoms. The third kappa shape index (κ3) is 6.89.